The molecule has 2 aromatic carbocycles. The molecule has 4 heterocycles. The van der Waals surface area contributed by atoms with Gasteiger partial charge in [-0.15, -0.1) is 6.42 Å². The fourth-order valence-corrected chi connectivity index (χ4v) is 5.00. The monoisotopic (exact) mass is 618 g/mol. The molecule has 0 aliphatic carbocycles. The number of H-pyrrole nitrogens is 1. The number of benzene rings is 2. The lowest BCUT2D eigenvalue weighted by Gasteiger charge is -2.08. The Kier molecular flexibility index (Phi) is 8.20. The molecule has 4 aromatic heterocycles. The number of nitrogens with zero attached hydrogens (tertiary/aromatic N) is 7. The second-order valence-corrected chi connectivity index (χ2v) is 10.2. The van der Waals surface area contributed by atoms with Gasteiger partial charge in [0.1, 0.15) is 0 Å². The van der Waals surface area contributed by atoms with Gasteiger partial charge in [-0.05, 0) is 34.3 Å². The number of nitrogens with one attached hydrogen (secondary N) is 1. The summed E-state index contributed by atoms with van der Waals surface area (Å²) >= 11 is 12.3. The zero-order valence-electron chi connectivity index (χ0n) is 23.0. The van der Waals surface area contributed by atoms with Crippen LogP contribution in [-0.2, 0) is 33.7 Å². The molecule has 0 saturated heterocycles. The number of hydrogen-bond donors (Lipinski definition) is 1. The molecule has 0 radical (unpaired) electrons. The number of terminal acetylenes is 1. The van der Waals surface area contributed by atoms with Gasteiger partial charge in [-0.3, -0.25) is 28.3 Å². The Balaban J connectivity index is 0.000000173. The third-order valence-corrected chi connectivity index (χ3v) is 7.34. The highest BCUT2D eigenvalue weighted by Gasteiger charge is 2.19. The van der Waals surface area contributed by atoms with E-state index in [0.717, 1.165) is 20.3 Å². The summed E-state index contributed by atoms with van der Waals surface area (Å²) < 4.78 is 6.45. The second kappa shape index (κ2) is 12.0. The fourth-order valence-electron chi connectivity index (χ4n) is 4.55. The van der Waals surface area contributed by atoms with Crippen LogP contribution in [-0.4, -0.2) is 37.8 Å². The normalized spacial score (nSPS) is 11.0. The van der Waals surface area contributed by atoms with E-state index in [1.807, 2.05) is 60.7 Å². The summed E-state index contributed by atoms with van der Waals surface area (Å²) in [6.07, 6.45) is 5.31. The second-order valence-electron chi connectivity index (χ2n) is 9.51. The van der Waals surface area contributed by atoms with Crippen LogP contribution in [0.15, 0.2) is 79.8 Å². The molecule has 12 nitrogen and oxygen atoms in total. The lowest BCUT2D eigenvalue weighted by Crippen LogP contribution is -2.38. The standard InChI is InChI=1S/C16H13ClN4O2.C13H11ClN4O2/c1-3-9-20-13-12(14(22)19(2)16(20)23)21(15(17)18-13)10-11-7-5-4-6-8-11;1-17-11(19)9-10(16-13(17)20)15-12(14)18(9)7-8-5-3-2-4-6-8/h1,4-8H,9-10H2,2H3;2-6H,7H2,1H3,(H,16,20). The topological polar surface area (TPSA) is 134 Å². The molecule has 14 heteroatoms. The SMILES string of the molecule is C#CCn1c(=O)n(C)c(=O)c2c1nc(Cl)n2Cc1ccccc1.Cn1c(=O)[nH]c2nc(Cl)n(Cc3ccccc3)c2c1=O. The molecule has 0 fully saturated rings. The molecular formula is C29H24Cl2N8O4. The van der Waals surface area contributed by atoms with Gasteiger partial charge in [0.15, 0.2) is 22.3 Å². The largest absolute Gasteiger partial charge is 0.333 e. The molecule has 218 valence electrons. The van der Waals surface area contributed by atoms with Crippen molar-refractivity contribution < 1.29 is 0 Å². The van der Waals surface area contributed by atoms with Crippen LogP contribution in [0.25, 0.3) is 22.3 Å². The summed E-state index contributed by atoms with van der Waals surface area (Å²) in [5, 5.41) is 0.306. The minimum Gasteiger partial charge on any atom is -0.304 e. The van der Waals surface area contributed by atoms with E-state index in [1.54, 1.807) is 9.13 Å². The predicted octanol–water partition coefficient (Wildman–Crippen LogP) is 2.36. The zero-order valence-corrected chi connectivity index (χ0v) is 24.5. The third kappa shape index (κ3) is 5.55. The van der Waals surface area contributed by atoms with Crippen molar-refractivity contribution in [3.63, 3.8) is 0 Å². The number of aromatic amines is 1. The molecule has 0 unspecified atom stereocenters. The van der Waals surface area contributed by atoms with Gasteiger partial charge in [0.05, 0.1) is 19.6 Å². The van der Waals surface area contributed by atoms with E-state index in [2.05, 4.69) is 20.9 Å². The molecule has 0 amide bonds. The number of aromatic nitrogens is 8. The van der Waals surface area contributed by atoms with Gasteiger partial charge in [0.2, 0.25) is 10.6 Å². The summed E-state index contributed by atoms with van der Waals surface area (Å²) in [6, 6.07) is 19.1. The van der Waals surface area contributed by atoms with E-state index in [4.69, 9.17) is 29.6 Å². The van der Waals surface area contributed by atoms with Crippen LogP contribution in [0.4, 0.5) is 0 Å². The highest BCUT2D eigenvalue weighted by atomic mass is 35.5. The summed E-state index contributed by atoms with van der Waals surface area (Å²) in [5.74, 6) is 2.40. The van der Waals surface area contributed by atoms with Crippen LogP contribution in [0.3, 0.4) is 0 Å². The van der Waals surface area contributed by atoms with Crippen LogP contribution < -0.4 is 22.5 Å². The number of halogens is 2. The predicted molar refractivity (Wildman–Crippen MR) is 165 cm³/mol. The number of rotatable bonds is 5. The van der Waals surface area contributed by atoms with Gasteiger partial charge in [0, 0.05) is 14.1 Å². The molecule has 6 aromatic rings. The summed E-state index contributed by atoms with van der Waals surface area (Å²) in [4.78, 5) is 59.2. The average Bonchev–Trinajstić information content (AvgIpc) is 3.49. The van der Waals surface area contributed by atoms with Gasteiger partial charge in [-0.25, -0.2) is 9.59 Å². The Morgan fingerprint density at radius 1 is 0.744 bits per heavy atom. The maximum Gasteiger partial charge on any atom is 0.333 e. The van der Waals surface area contributed by atoms with Gasteiger partial charge in [-0.2, -0.15) is 9.97 Å². The van der Waals surface area contributed by atoms with Crippen molar-refractivity contribution in [3.05, 3.63) is 124 Å². The molecule has 0 saturated carbocycles. The van der Waals surface area contributed by atoms with Crippen LogP contribution in [0, 0.1) is 12.3 Å². The molecule has 0 aliphatic rings. The molecule has 0 bridgehead atoms. The first kappa shape index (κ1) is 29.4. The van der Waals surface area contributed by atoms with Gasteiger partial charge >= 0.3 is 11.4 Å². The molecule has 0 atom stereocenters. The minimum absolute atomic E-state index is 0.0160. The van der Waals surface area contributed by atoms with Gasteiger partial charge in [-0.1, -0.05) is 66.6 Å². The average molecular weight is 619 g/mol. The quantitative estimate of drug-likeness (QED) is 0.233. The van der Waals surface area contributed by atoms with Gasteiger partial charge < -0.3 is 9.13 Å². The van der Waals surface area contributed by atoms with Crippen LogP contribution in [0.5, 0.6) is 0 Å². The first-order chi connectivity index (χ1) is 20.6. The molecule has 1 N–H and O–H groups in total. The minimum atomic E-state index is -0.513. The Bertz CT molecular complexity index is 2250. The van der Waals surface area contributed by atoms with E-state index in [-0.39, 0.29) is 33.9 Å². The first-order valence-corrected chi connectivity index (χ1v) is 13.6. The number of fused-ring (bicyclic) bond motifs is 2. The van der Waals surface area contributed by atoms with Crippen molar-refractivity contribution >= 4 is 45.5 Å². The Morgan fingerprint density at radius 3 is 1.81 bits per heavy atom. The smallest absolute Gasteiger partial charge is 0.304 e. The van der Waals surface area contributed by atoms with Crippen molar-refractivity contribution in [1.82, 2.24) is 37.8 Å². The van der Waals surface area contributed by atoms with E-state index < -0.39 is 22.5 Å². The van der Waals surface area contributed by atoms with E-state index >= 15 is 0 Å². The van der Waals surface area contributed by atoms with E-state index in [9.17, 15) is 19.2 Å². The Labute approximate surface area is 253 Å². The van der Waals surface area contributed by atoms with Crippen molar-refractivity contribution in [1.29, 1.82) is 0 Å². The molecule has 0 spiro atoms. The van der Waals surface area contributed by atoms with E-state index in [0.29, 0.717) is 18.6 Å². The highest BCUT2D eigenvalue weighted by molar-refractivity contribution is 6.29. The lowest BCUT2D eigenvalue weighted by atomic mass is 10.2. The summed E-state index contributed by atoms with van der Waals surface area (Å²) in [7, 11) is 2.82. The molecule has 0 aliphatic heterocycles. The molecule has 6 rings (SSSR count). The molecular weight excluding hydrogens is 595 g/mol. The Morgan fingerprint density at radius 2 is 1.26 bits per heavy atom. The van der Waals surface area contributed by atoms with Crippen LogP contribution in [0.2, 0.25) is 10.6 Å². The highest BCUT2D eigenvalue weighted by Crippen LogP contribution is 2.18. The molecule has 43 heavy (non-hydrogen) atoms. The van der Waals surface area contributed by atoms with Crippen molar-refractivity contribution in [3.8, 4) is 12.3 Å². The van der Waals surface area contributed by atoms with Crippen molar-refractivity contribution in [2.75, 3.05) is 0 Å². The maximum absolute atomic E-state index is 12.5. The summed E-state index contributed by atoms with van der Waals surface area (Å²) in [5.41, 5.74) is 1.03. The third-order valence-electron chi connectivity index (χ3n) is 6.76. The fraction of sp³-hybridized carbons (Fsp3) is 0.172. The summed E-state index contributed by atoms with van der Waals surface area (Å²) in [6.45, 7) is 0.805. The lowest BCUT2D eigenvalue weighted by molar-refractivity contribution is 0.680. The Hall–Kier alpha value is -5.12. The van der Waals surface area contributed by atoms with Crippen LogP contribution in [0.1, 0.15) is 11.1 Å². The van der Waals surface area contributed by atoms with Crippen molar-refractivity contribution in [2.45, 2.75) is 19.6 Å². The zero-order chi connectivity index (χ0) is 30.8. The first-order valence-electron chi connectivity index (χ1n) is 12.8. The van der Waals surface area contributed by atoms with E-state index in [1.165, 1.54) is 18.7 Å². The van der Waals surface area contributed by atoms with Crippen molar-refractivity contribution in [2.24, 2.45) is 14.1 Å². The van der Waals surface area contributed by atoms with Crippen LogP contribution >= 0.6 is 23.2 Å². The number of hydrogen-bond acceptors (Lipinski definition) is 6. The maximum atomic E-state index is 12.5. The number of imidazole rings is 2. The van der Waals surface area contributed by atoms with Gasteiger partial charge in [0.25, 0.3) is 11.1 Å².